The summed E-state index contributed by atoms with van der Waals surface area (Å²) in [6.45, 7) is 2.75. The molecule has 1 aromatic rings. The van der Waals surface area contributed by atoms with E-state index in [1.54, 1.807) is 12.1 Å². The van der Waals surface area contributed by atoms with Gasteiger partial charge in [-0.1, -0.05) is 19.8 Å². The lowest BCUT2D eigenvalue weighted by atomic mass is 9.83. The maximum Gasteiger partial charge on any atom is 0.241 e. The van der Waals surface area contributed by atoms with Crippen molar-refractivity contribution in [2.24, 2.45) is 11.8 Å². The standard InChI is InChI=1S/C14H21BrN2O2S/c1-10-3-2-4-11(7-10)9-17-20(18,19)14-6-5-12(16)8-13(14)15/h5-6,8,10-11,17H,2-4,7,9,16H2,1H3. The highest BCUT2D eigenvalue weighted by Gasteiger charge is 2.23. The molecule has 0 aromatic heterocycles. The molecule has 0 amide bonds. The molecule has 2 atom stereocenters. The number of halogens is 1. The summed E-state index contributed by atoms with van der Waals surface area (Å²) in [7, 11) is -3.48. The van der Waals surface area contributed by atoms with Crippen molar-refractivity contribution in [3.63, 3.8) is 0 Å². The number of benzene rings is 1. The monoisotopic (exact) mass is 360 g/mol. The van der Waals surface area contributed by atoms with Crippen LogP contribution in [0.25, 0.3) is 0 Å². The topological polar surface area (TPSA) is 72.2 Å². The van der Waals surface area contributed by atoms with Crippen molar-refractivity contribution < 1.29 is 8.42 Å². The molecule has 1 fully saturated rings. The first-order valence-corrected chi connectivity index (χ1v) is 9.21. The zero-order valence-corrected chi connectivity index (χ0v) is 14.0. The van der Waals surface area contributed by atoms with Crippen LogP contribution >= 0.6 is 15.9 Å². The van der Waals surface area contributed by atoms with Crippen molar-refractivity contribution >= 4 is 31.6 Å². The van der Waals surface area contributed by atoms with E-state index in [1.165, 1.54) is 18.9 Å². The molecule has 0 heterocycles. The van der Waals surface area contributed by atoms with Crippen molar-refractivity contribution in [2.45, 2.75) is 37.5 Å². The van der Waals surface area contributed by atoms with E-state index in [9.17, 15) is 8.42 Å². The highest BCUT2D eigenvalue weighted by atomic mass is 79.9. The van der Waals surface area contributed by atoms with Crippen molar-refractivity contribution in [1.29, 1.82) is 0 Å². The van der Waals surface area contributed by atoms with E-state index in [0.29, 0.717) is 28.5 Å². The minimum Gasteiger partial charge on any atom is -0.399 e. The number of rotatable bonds is 4. The number of anilines is 1. The third-order valence-electron chi connectivity index (χ3n) is 3.85. The van der Waals surface area contributed by atoms with E-state index < -0.39 is 10.0 Å². The lowest BCUT2D eigenvalue weighted by Gasteiger charge is -2.26. The smallest absolute Gasteiger partial charge is 0.241 e. The fraction of sp³-hybridized carbons (Fsp3) is 0.571. The van der Waals surface area contributed by atoms with Crippen LogP contribution in [0.2, 0.25) is 0 Å². The van der Waals surface area contributed by atoms with Crippen LogP contribution in [0.15, 0.2) is 27.6 Å². The number of hydrogen-bond donors (Lipinski definition) is 2. The molecule has 1 aliphatic carbocycles. The summed E-state index contributed by atoms with van der Waals surface area (Å²) < 4.78 is 27.8. The Balaban J connectivity index is 2.03. The quantitative estimate of drug-likeness (QED) is 0.810. The first-order valence-electron chi connectivity index (χ1n) is 6.93. The predicted molar refractivity (Wildman–Crippen MR) is 84.9 cm³/mol. The fourth-order valence-corrected chi connectivity index (χ4v) is 4.99. The summed E-state index contributed by atoms with van der Waals surface area (Å²) in [5.41, 5.74) is 6.17. The summed E-state index contributed by atoms with van der Waals surface area (Å²) in [4.78, 5) is 0.246. The molecule has 112 valence electrons. The Hall–Kier alpha value is -0.590. The Bertz CT molecular complexity index is 575. The molecule has 1 saturated carbocycles. The van der Waals surface area contributed by atoms with Crippen LogP contribution in [0.5, 0.6) is 0 Å². The number of sulfonamides is 1. The second-order valence-electron chi connectivity index (χ2n) is 5.68. The first-order chi connectivity index (χ1) is 9.38. The van der Waals surface area contributed by atoms with Crippen molar-refractivity contribution in [1.82, 2.24) is 4.72 Å². The summed E-state index contributed by atoms with van der Waals surface area (Å²) >= 11 is 3.26. The van der Waals surface area contributed by atoms with Gasteiger partial charge in [-0.3, -0.25) is 0 Å². The molecule has 2 unspecified atom stereocenters. The van der Waals surface area contributed by atoms with Gasteiger partial charge in [-0.05, 0) is 58.8 Å². The van der Waals surface area contributed by atoms with E-state index in [4.69, 9.17) is 5.73 Å². The van der Waals surface area contributed by atoms with Gasteiger partial charge in [0, 0.05) is 16.7 Å². The Morgan fingerprint density at radius 2 is 2.15 bits per heavy atom. The van der Waals surface area contributed by atoms with E-state index in [1.807, 2.05) is 0 Å². The molecule has 20 heavy (non-hydrogen) atoms. The van der Waals surface area contributed by atoms with Gasteiger partial charge < -0.3 is 5.73 Å². The first kappa shape index (κ1) is 15.8. The molecule has 4 nitrogen and oxygen atoms in total. The molecule has 6 heteroatoms. The van der Waals surface area contributed by atoms with Crippen LogP contribution in [0.3, 0.4) is 0 Å². The Kier molecular flexibility index (Phi) is 5.09. The van der Waals surface area contributed by atoms with Crippen LogP contribution in [0.1, 0.15) is 32.6 Å². The molecule has 0 spiro atoms. The van der Waals surface area contributed by atoms with Gasteiger partial charge in [0.05, 0.1) is 4.90 Å². The minimum absolute atomic E-state index is 0.246. The van der Waals surface area contributed by atoms with Gasteiger partial charge in [-0.15, -0.1) is 0 Å². The molecular weight excluding hydrogens is 340 g/mol. The summed E-state index contributed by atoms with van der Waals surface area (Å²) in [5.74, 6) is 1.14. The fourth-order valence-electron chi connectivity index (χ4n) is 2.79. The van der Waals surface area contributed by atoms with Gasteiger partial charge in [-0.25, -0.2) is 13.1 Å². The maximum atomic E-state index is 12.3. The summed E-state index contributed by atoms with van der Waals surface area (Å²) in [5, 5.41) is 0. The molecule has 0 bridgehead atoms. The highest BCUT2D eigenvalue weighted by molar-refractivity contribution is 9.10. The Morgan fingerprint density at radius 1 is 1.40 bits per heavy atom. The van der Waals surface area contributed by atoms with Gasteiger partial charge in [0.25, 0.3) is 0 Å². The third kappa shape index (κ3) is 3.96. The van der Waals surface area contributed by atoms with Crippen LogP contribution in [0, 0.1) is 11.8 Å². The Morgan fingerprint density at radius 3 is 2.80 bits per heavy atom. The minimum atomic E-state index is -3.48. The van der Waals surface area contributed by atoms with E-state index in [-0.39, 0.29) is 4.90 Å². The second kappa shape index (κ2) is 6.45. The predicted octanol–water partition coefficient (Wildman–Crippen LogP) is 3.14. The lowest BCUT2D eigenvalue weighted by molar-refractivity contribution is 0.283. The SMILES string of the molecule is CC1CCCC(CNS(=O)(=O)c2ccc(N)cc2Br)C1. The maximum absolute atomic E-state index is 12.3. The van der Waals surface area contributed by atoms with E-state index in [0.717, 1.165) is 12.8 Å². The van der Waals surface area contributed by atoms with Crippen LogP contribution in [0.4, 0.5) is 5.69 Å². The normalized spacial score (nSPS) is 23.7. The van der Waals surface area contributed by atoms with Crippen LogP contribution < -0.4 is 10.5 Å². The van der Waals surface area contributed by atoms with Crippen LogP contribution in [-0.4, -0.2) is 15.0 Å². The summed E-state index contributed by atoms with van der Waals surface area (Å²) in [6.07, 6.45) is 4.66. The molecule has 1 aliphatic rings. The zero-order chi connectivity index (χ0) is 14.8. The number of nitrogens with two attached hydrogens (primary N) is 1. The van der Waals surface area contributed by atoms with Crippen molar-refractivity contribution in [3.05, 3.63) is 22.7 Å². The molecule has 0 saturated heterocycles. The molecule has 0 aliphatic heterocycles. The van der Waals surface area contributed by atoms with Gasteiger partial charge in [0.2, 0.25) is 10.0 Å². The van der Waals surface area contributed by atoms with E-state index in [2.05, 4.69) is 27.6 Å². The van der Waals surface area contributed by atoms with Crippen molar-refractivity contribution in [2.75, 3.05) is 12.3 Å². The number of nitrogens with one attached hydrogen (secondary N) is 1. The molecule has 0 radical (unpaired) electrons. The molecular formula is C14H21BrN2O2S. The van der Waals surface area contributed by atoms with Gasteiger partial charge in [0.15, 0.2) is 0 Å². The largest absolute Gasteiger partial charge is 0.399 e. The average molecular weight is 361 g/mol. The lowest BCUT2D eigenvalue weighted by Crippen LogP contribution is -2.31. The van der Waals surface area contributed by atoms with E-state index >= 15 is 0 Å². The zero-order valence-electron chi connectivity index (χ0n) is 11.6. The van der Waals surface area contributed by atoms with Crippen LogP contribution in [-0.2, 0) is 10.0 Å². The van der Waals surface area contributed by atoms with Gasteiger partial charge >= 0.3 is 0 Å². The van der Waals surface area contributed by atoms with Gasteiger partial charge in [0.1, 0.15) is 0 Å². The second-order valence-corrected chi connectivity index (χ2v) is 8.27. The Labute approximate surface area is 129 Å². The summed E-state index contributed by atoms with van der Waals surface area (Å²) in [6, 6.07) is 4.74. The molecule has 2 rings (SSSR count). The number of nitrogen functional groups attached to an aromatic ring is 1. The van der Waals surface area contributed by atoms with Gasteiger partial charge in [-0.2, -0.15) is 0 Å². The number of hydrogen-bond acceptors (Lipinski definition) is 3. The highest BCUT2D eigenvalue weighted by Crippen LogP contribution is 2.29. The van der Waals surface area contributed by atoms with Crippen molar-refractivity contribution in [3.8, 4) is 0 Å². The third-order valence-corrected chi connectivity index (χ3v) is 6.25. The average Bonchev–Trinajstić information content (AvgIpc) is 2.36. The molecule has 1 aromatic carbocycles. The molecule has 3 N–H and O–H groups in total.